The SMILES string of the molecule is Cc1c(N2CC3(CCC(=O)N3)C2)sc2cccc(P)c12. The first kappa shape index (κ1) is 12.6. The largest absolute Gasteiger partial charge is 0.358 e. The van der Waals surface area contributed by atoms with Gasteiger partial charge in [0.25, 0.3) is 0 Å². The average molecular weight is 304 g/mol. The molecule has 2 aliphatic rings. The van der Waals surface area contributed by atoms with E-state index in [1.54, 1.807) is 0 Å². The molecule has 1 aromatic heterocycles. The second kappa shape index (κ2) is 4.19. The zero-order valence-corrected chi connectivity index (χ0v) is 13.4. The van der Waals surface area contributed by atoms with Gasteiger partial charge in [0.05, 0.1) is 10.5 Å². The maximum Gasteiger partial charge on any atom is 0.220 e. The van der Waals surface area contributed by atoms with Gasteiger partial charge in [0.2, 0.25) is 5.91 Å². The molecular formula is C15H17N2OPS. The van der Waals surface area contributed by atoms with E-state index in [0.29, 0.717) is 6.42 Å². The summed E-state index contributed by atoms with van der Waals surface area (Å²) in [4.78, 5) is 13.8. The molecular weight excluding hydrogens is 287 g/mol. The Hall–Kier alpha value is -1.12. The smallest absolute Gasteiger partial charge is 0.220 e. The van der Waals surface area contributed by atoms with Crippen LogP contribution in [0.2, 0.25) is 0 Å². The summed E-state index contributed by atoms with van der Waals surface area (Å²) in [5.41, 5.74) is 1.43. The number of nitrogens with zero attached hydrogens (tertiary/aromatic N) is 1. The number of fused-ring (bicyclic) bond motifs is 1. The number of thiophene rings is 1. The molecule has 0 bridgehead atoms. The van der Waals surface area contributed by atoms with Gasteiger partial charge in [-0.25, -0.2) is 0 Å². The molecule has 1 amide bonds. The van der Waals surface area contributed by atoms with Gasteiger partial charge >= 0.3 is 0 Å². The maximum absolute atomic E-state index is 11.4. The Morgan fingerprint density at radius 1 is 1.40 bits per heavy atom. The molecule has 20 heavy (non-hydrogen) atoms. The standard InChI is InChI=1S/C15H17N2OPS/c1-9-13-10(19)3-2-4-11(13)20-14(9)17-7-15(8-17)6-5-12(18)16-15/h2-4H,5-8,19H2,1H3,(H,16,18). The van der Waals surface area contributed by atoms with Crippen molar-refractivity contribution in [1.29, 1.82) is 0 Å². The lowest BCUT2D eigenvalue weighted by atomic mass is 9.88. The van der Waals surface area contributed by atoms with E-state index in [9.17, 15) is 4.79 Å². The molecule has 104 valence electrons. The number of amides is 1. The van der Waals surface area contributed by atoms with Crippen molar-refractivity contribution in [2.24, 2.45) is 0 Å². The van der Waals surface area contributed by atoms with Crippen LogP contribution in [0.25, 0.3) is 10.1 Å². The Morgan fingerprint density at radius 3 is 2.85 bits per heavy atom. The molecule has 0 radical (unpaired) electrons. The molecule has 2 aliphatic heterocycles. The van der Waals surface area contributed by atoms with Crippen molar-refractivity contribution in [3.8, 4) is 0 Å². The normalized spacial score (nSPS) is 20.5. The van der Waals surface area contributed by atoms with Gasteiger partial charge in [0.1, 0.15) is 0 Å². The molecule has 2 aromatic rings. The Morgan fingerprint density at radius 2 is 2.20 bits per heavy atom. The highest BCUT2D eigenvalue weighted by Gasteiger charge is 2.48. The van der Waals surface area contributed by atoms with E-state index in [2.05, 4.69) is 44.6 Å². The Balaban J connectivity index is 1.66. The fraction of sp³-hybridized carbons (Fsp3) is 0.400. The number of nitrogens with one attached hydrogen (secondary N) is 1. The topological polar surface area (TPSA) is 32.3 Å². The van der Waals surface area contributed by atoms with Gasteiger partial charge in [-0.2, -0.15) is 0 Å². The third kappa shape index (κ3) is 1.71. The molecule has 2 saturated heterocycles. The van der Waals surface area contributed by atoms with Crippen molar-refractivity contribution < 1.29 is 4.79 Å². The molecule has 1 atom stereocenters. The highest BCUT2D eigenvalue weighted by molar-refractivity contribution is 7.29. The van der Waals surface area contributed by atoms with Gasteiger partial charge in [0, 0.05) is 29.6 Å². The molecule has 1 spiro atoms. The first-order valence-corrected chi connectivity index (χ1v) is 8.31. The summed E-state index contributed by atoms with van der Waals surface area (Å²) in [6.07, 6.45) is 1.68. The van der Waals surface area contributed by atoms with E-state index in [-0.39, 0.29) is 11.4 Å². The van der Waals surface area contributed by atoms with Crippen molar-refractivity contribution in [2.75, 3.05) is 18.0 Å². The third-order valence-electron chi connectivity index (χ3n) is 4.47. The summed E-state index contributed by atoms with van der Waals surface area (Å²) in [5, 5.41) is 7.15. The molecule has 0 saturated carbocycles. The summed E-state index contributed by atoms with van der Waals surface area (Å²) < 4.78 is 1.35. The highest BCUT2D eigenvalue weighted by Crippen LogP contribution is 2.42. The second-order valence-corrected chi connectivity index (χ2v) is 7.59. The Labute approximate surface area is 124 Å². The van der Waals surface area contributed by atoms with Crippen molar-refractivity contribution in [3.05, 3.63) is 23.8 Å². The molecule has 1 N–H and O–H groups in total. The summed E-state index contributed by atoms with van der Waals surface area (Å²) in [5.74, 6) is 0.213. The van der Waals surface area contributed by atoms with E-state index in [4.69, 9.17) is 0 Å². The van der Waals surface area contributed by atoms with Crippen molar-refractivity contribution >= 4 is 46.9 Å². The van der Waals surface area contributed by atoms with Crippen LogP contribution in [0.3, 0.4) is 0 Å². The van der Waals surface area contributed by atoms with Gasteiger partial charge < -0.3 is 10.2 Å². The van der Waals surface area contributed by atoms with E-state index >= 15 is 0 Å². The number of hydrogen-bond donors (Lipinski definition) is 1. The van der Waals surface area contributed by atoms with Gasteiger partial charge in [-0.1, -0.05) is 12.1 Å². The summed E-state index contributed by atoms with van der Waals surface area (Å²) in [7, 11) is 2.83. The van der Waals surface area contributed by atoms with Crippen LogP contribution >= 0.6 is 20.6 Å². The van der Waals surface area contributed by atoms with Crippen LogP contribution in [-0.4, -0.2) is 24.5 Å². The van der Waals surface area contributed by atoms with Gasteiger partial charge in [-0.15, -0.1) is 20.6 Å². The van der Waals surface area contributed by atoms with Crippen LogP contribution in [0, 0.1) is 6.92 Å². The second-order valence-electron chi connectivity index (χ2n) is 5.94. The van der Waals surface area contributed by atoms with Crippen molar-refractivity contribution in [3.63, 3.8) is 0 Å². The molecule has 3 nitrogen and oxygen atoms in total. The van der Waals surface area contributed by atoms with Gasteiger partial charge in [-0.05, 0) is 30.3 Å². The highest BCUT2D eigenvalue weighted by atomic mass is 32.1. The van der Waals surface area contributed by atoms with Gasteiger partial charge in [-0.3, -0.25) is 4.79 Å². The van der Waals surface area contributed by atoms with Crippen LogP contribution in [0.5, 0.6) is 0 Å². The lowest BCUT2D eigenvalue weighted by Crippen LogP contribution is -2.67. The third-order valence-corrected chi connectivity index (χ3v) is 6.27. The average Bonchev–Trinajstić information content (AvgIpc) is 2.90. The fourth-order valence-electron chi connectivity index (χ4n) is 3.46. The monoisotopic (exact) mass is 304 g/mol. The number of carbonyl (C=O) groups is 1. The first-order valence-electron chi connectivity index (χ1n) is 6.92. The predicted octanol–water partition coefficient (Wildman–Crippen LogP) is 2.18. The predicted molar refractivity (Wildman–Crippen MR) is 88.2 cm³/mol. The van der Waals surface area contributed by atoms with Crippen LogP contribution in [0.15, 0.2) is 18.2 Å². The minimum Gasteiger partial charge on any atom is -0.358 e. The maximum atomic E-state index is 11.4. The fourth-order valence-corrected chi connectivity index (χ4v) is 5.29. The lowest BCUT2D eigenvalue weighted by Gasteiger charge is -2.48. The number of benzene rings is 1. The van der Waals surface area contributed by atoms with Crippen molar-refractivity contribution in [2.45, 2.75) is 25.3 Å². The Bertz CT molecular complexity index is 718. The molecule has 2 fully saturated rings. The Kier molecular flexibility index (Phi) is 2.64. The van der Waals surface area contributed by atoms with Crippen molar-refractivity contribution in [1.82, 2.24) is 5.32 Å². The van der Waals surface area contributed by atoms with E-state index in [1.165, 1.54) is 26.0 Å². The van der Waals surface area contributed by atoms with Crippen LogP contribution in [-0.2, 0) is 4.79 Å². The molecule has 3 heterocycles. The van der Waals surface area contributed by atoms with Crippen LogP contribution in [0.1, 0.15) is 18.4 Å². The zero-order chi connectivity index (χ0) is 13.9. The molecule has 0 aliphatic carbocycles. The zero-order valence-electron chi connectivity index (χ0n) is 11.4. The van der Waals surface area contributed by atoms with E-state index < -0.39 is 0 Å². The summed E-state index contributed by atoms with van der Waals surface area (Å²) in [6, 6.07) is 6.45. The van der Waals surface area contributed by atoms with Crippen LogP contribution < -0.4 is 15.5 Å². The molecule has 5 heteroatoms. The quantitative estimate of drug-likeness (QED) is 0.819. The molecule has 1 aromatic carbocycles. The number of rotatable bonds is 1. The summed E-state index contributed by atoms with van der Waals surface area (Å²) in [6.45, 7) is 4.12. The van der Waals surface area contributed by atoms with Gasteiger partial charge in [0.15, 0.2) is 0 Å². The number of hydrogen-bond acceptors (Lipinski definition) is 3. The number of carbonyl (C=O) groups excluding carboxylic acids is 1. The van der Waals surface area contributed by atoms with E-state index in [1.807, 2.05) is 11.3 Å². The molecule has 1 unspecified atom stereocenters. The minimum absolute atomic E-state index is 0.0590. The van der Waals surface area contributed by atoms with Crippen LogP contribution in [0.4, 0.5) is 5.00 Å². The van der Waals surface area contributed by atoms with E-state index in [0.717, 1.165) is 19.5 Å². The number of anilines is 1. The number of aryl methyl sites for hydroxylation is 1. The summed E-state index contributed by atoms with van der Waals surface area (Å²) >= 11 is 1.86. The minimum atomic E-state index is 0.0590. The lowest BCUT2D eigenvalue weighted by molar-refractivity contribution is -0.119. The first-order chi connectivity index (χ1) is 9.58. The molecule has 4 rings (SSSR count).